The fraction of sp³-hybridized carbons (Fsp3) is 0.278. The van der Waals surface area contributed by atoms with Gasteiger partial charge in [-0.15, -0.1) is 0 Å². The molecule has 0 saturated heterocycles. The summed E-state index contributed by atoms with van der Waals surface area (Å²) in [5.74, 6) is -0.423. The van der Waals surface area contributed by atoms with Crippen molar-refractivity contribution in [1.82, 2.24) is 0 Å². The molecule has 0 spiro atoms. The monoisotopic (exact) mass is 380 g/mol. The van der Waals surface area contributed by atoms with Gasteiger partial charge in [-0.2, -0.15) is 0 Å². The maximum absolute atomic E-state index is 12.6. The Morgan fingerprint density at radius 3 is 2.28 bits per heavy atom. The fourth-order valence-electron chi connectivity index (χ4n) is 2.48. The first-order chi connectivity index (χ1) is 11.6. The summed E-state index contributed by atoms with van der Waals surface area (Å²) >= 11 is 6.02. The van der Waals surface area contributed by atoms with Crippen LogP contribution in [0.1, 0.15) is 18.1 Å². The lowest BCUT2D eigenvalue weighted by atomic mass is 10.1. The number of benzene rings is 2. The Hall–Kier alpha value is -2.05. The molecule has 25 heavy (non-hydrogen) atoms. The number of anilines is 2. The van der Waals surface area contributed by atoms with Gasteiger partial charge in [-0.25, -0.2) is 8.42 Å². The number of rotatable bonds is 5. The summed E-state index contributed by atoms with van der Waals surface area (Å²) in [7, 11) is -3.69. The number of sulfonamides is 1. The minimum atomic E-state index is -3.69. The SMILES string of the molecule is Cc1ccc(NC(=O)[C@@H](C)N(c2cc(Cl)ccc2C)S(C)(=O)=O)cc1. The normalized spacial score (nSPS) is 12.5. The molecular weight excluding hydrogens is 360 g/mol. The van der Waals surface area contributed by atoms with E-state index in [1.165, 1.54) is 0 Å². The Labute approximate surface area is 153 Å². The van der Waals surface area contributed by atoms with Crippen molar-refractivity contribution in [3.05, 3.63) is 58.6 Å². The molecule has 0 radical (unpaired) electrons. The van der Waals surface area contributed by atoms with E-state index < -0.39 is 22.0 Å². The van der Waals surface area contributed by atoms with Crippen LogP contribution < -0.4 is 9.62 Å². The van der Waals surface area contributed by atoms with Gasteiger partial charge in [0.2, 0.25) is 15.9 Å². The van der Waals surface area contributed by atoms with Gasteiger partial charge in [0.25, 0.3) is 0 Å². The molecule has 2 rings (SSSR count). The fourth-order valence-corrected chi connectivity index (χ4v) is 3.88. The van der Waals surface area contributed by atoms with E-state index in [0.717, 1.165) is 16.1 Å². The summed E-state index contributed by atoms with van der Waals surface area (Å²) in [6.07, 6.45) is 1.07. The van der Waals surface area contributed by atoms with Crippen LogP contribution >= 0.6 is 11.6 Å². The second-order valence-electron chi connectivity index (χ2n) is 6.02. The maximum Gasteiger partial charge on any atom is 0.247 e. The molecule has 0 aliphatic heterocycles. The van der Waals surface area contributed by atoms with Gasteiger partial charge in [0, 0.05) is 10.7 Å². The zero-order chi connectivity index (χ0) is 18.8. The molecule has 0 saturated carbocycles. The number of carbonyl (C=O) groups excluding carboxylic acids is 1. The predicted molar refractivity (Wildman–Crippen MR) is 103 cm³/mol. The summed E-state index contributed by atoms with van der Waals surface area (Å²) in [6, 6.07) is 11.3. The summed E-state index contributed by atoms with van der Waals surface area (Å²) in [4.78, 5) is 12.6. The van der Waals surface area contributed by atoms with Crippen LogP contribution in [0.15, 0.2) is 42.5 Å². The first-order valence-electron chi connectivity index (χ1n) is 7.72. The van der Waals surface area contributed by atoms with E-state index in [0.29, 0.717) is 22.0 Å². The Balaban J connectivity index is 2.36. The van der Waals surface area contributed by atoms with Crippen molar-refractivity contribution in [1.29, 1.82) is 0 Å². The number of amides is 1. The highest BCUT2D eigenvalue weighted by Crippen LogP contribution is 2.28. The van der Waals surface area contributed by atoms with Gasteiger partial charge in [-0.05, 0) is 50.6 Å². The number of carbonyl (C=O) groups is 1. The van der Waals surface area contributed by atoms with E-state index in [1.54, 1.807) is 44.2 Å². The van der Waals surface area contributed by atoms with Crippen LogP contribution in [0.5, 0.6) is 0 Å². The number of aryl methyl sites for hydroxylation is 2. The van der Waals surface area contributed by atoms with E-state index in [2.05, 4.69) is 5.32 Å². The van der Waals surface area contributed by atoms with Crippen LogP contribution in [0.25, 0.3) is 0 Å². The maximum atomic E-state index is 12.6. The Morgan fingerprint density at radius 1 is 1.12 bits per heavy atom. The molecule has 2 aromatic rings. The average molecular weight is 381 g/mol. The molecule has 0 aliphatic rings. The first-order valence-corrected chi connectivity index (χ1v) is 9.95. The molecule has 5 nitrogen and oxygen atoms in total. The standard InChI is InChI=1S/C18H21ClN2O3S/c1-12-5-9-16(10-6-12)20-18(22)14(3)21(25(4,23)24)17-11-15(19)8-7-13(17)2/h5-11,14H,1-4H3,(H,20,22)/t14-/m1/s1. The van der Waals surface area contributed by atoms with E-state index in [-0.39, 0.29) is 0 Å². The van der Waals surface area contributed by atoms with E-state index >= 15 is 0 Å². The van der Waals surface area contributed by atoms with Gasteiger partial charge in [0.1, 0.15) is 6.04 Å². The van der Waals surface area contributed by atoms with Crippen molar-refractivity contribution in [2.75, 3.05) is 15.9 Å². The van der Waals surface area contributed by atoms with E-state index in [1.807, 2.05) is 19.1 Å². The van der Waals surface area contributed by atoms with Crippen molar-refractivity contribution in [3.8, 4) is 0 Å². The van der Waals surface area contributed by atoms with Crippen molar-refractivity contribution < 1.29 is 13.2 Å². The summed E-state index contributed by atoms with van der Waals surface area (Å²) in [6.45, 7) is 5.26. The van der Waals surface area contributed by atoms with Crippen molar-refractivity contribution in [2.45, 2.75) is 26.8 Å². The molecule has 0 aromatic heterocycles. The molecule has 1 atom stereocenters. The molecule has 0 unspecified atom stereocenters. The molecule has 2 aromatic carbocycles. The second-order valence-corrected chi connectivity index (χ2v) is 8.32. The zero-order valence-corrected chi connectivity index (χ0v) is 16.1. The quantitative estimate of drug-likeness (QED) is 0.858. The van der Waals surface area contributed by atoms with Crippen LogP contribution in [-0.4, -0.2) is 26.6 Å². The second kappa shape index (κ2) is 7.45. The first kappa shape index (κ1) is 19.3. The number of hydrogen-bond donors (Lipinski definition) is 1. The lowest BCUT2D eigenvalue weighted by Crippen LogP contribution is -2.45. The van der Waals surface area contributed by atoms with Gasteiger partial charge in [0.15, 0.2) is 0 Å². The van der Waals surface area contributed by atoms with Crippen LogP contribution in [0.4, 0.5) is 11.4 Å². The Morgan fingerprint density at radius 2 is 1.72 bits per heavy atom. The summed E-state index contributed by atoms with van der Waals surface area (Å²) in [5, 5.41) is 3.15. The molecule has 0 heterocycles. The Bertz CT molecular complexity index is 880. The molecule has 0 fully saturated rings. The van der Waals surface area contributed by atoms with Crippen LogP contribution in [0.2, 0.25) is 5.02 Å². The average Bonchev–Trinajstić information content (AvgIpc) is 2.51. The van der Waals surface area contributed by atoms with Crippen molar-refractivity contribution >= 4 is 38.9 Å². The number of nitrogens with zero attached hydrogens (tertiary/aromatic N) is 1. The van der Waals surface area contributed by atoms with Crippen molar-refractivity contribution in [2.24, 2.45) is 0 Å². The van der Waals surface area contributed by atoms with Gasteiger partial charge in [-0.3, -0.25) is 9.10 Å². The Kier molecular flexibility index (Phi) is 5.75. The topological polar surface area (TPSA) is 66.5 Å². The summed E-state index contributed by atoms with van der Waals surface area (Å²) in [5.41, 5.74) is 2.78. The van der Waals surface area contributed by atoms with Crippen LogP contribution in [0.3, 0.4) is 0 Å². The third kappa shape index (κ3) is 4.74. The molecule has 0 aliphatic carbocycles. The third-order valence-corrected chi connectivity index (χ3v) is 5.28. The van der Waals surface area contributed by atoms with E-state index in [4.69, 9.17) is 11.6 Å². The molecule has 7 heteroatoms. The smallest absolute Gasteiger partial charge is 0.247 e. The summed E-state index contributed by atoms with van der Waals surface area (Å²) < 4.78 is 25.8. The van der Waals surface area contributed by atoms with Gasteiger partial charge in [-0.1, -0.05) is 35.4 Å². The third-order valence-electron chi connectivity index (χ3n) is 3.82. The predicted octanol–water partition coefficient (Wildman–Crippen LogP) is 3.75. The zero-order valence-electron chi connectivity index (χ0n) is 14.6. The highest BCUT2D eigenvalue weighted by molar-refractivity contribution is 7.92. The lowest BCUT2D eigenvalue weighted by Gasteiger charge is -2.29. The highest BCUT2D eigenvalue weighted by Gasteiger charge is 2.30. The van der Waals surface area contributed by atoms with Crippen LogP contribution in [0, 0.1) is 13.8 Å². The minimum Gasteiger partial charge on any atom is -0.324 e. The number of nitrogens with one attached hydrogen (secondary N) is 1. The van der Waals surface area contributed by atoms with Crippen LogP contribution in [-0.2, 0) is 14.8 Å². The minimum absolute atomic E-state index is 0.390. The van der Waals surface area contributed by atoms with Gasteiger partial charge < -0.3 is 5.32 Å². The lowest BCUT2D eigenvalue weighted by molar-refractivity contribution is -0.116. The highest BCUT2D eigenvalue weighted by atomic mass is 35.5. The molecule has 1 N–H and O–H groups in total. The molecule has 134 valence electrons. The van der Waals surface area contributed by atoms with E-state index in [9.17, 15) is 13.2 Å². The van der Waals surface area contributed by atoms with Gasteiger partial charge in [0.05, 0.1) is 11.9 Å². The molecule has 1 amide bonds. The molecular formula is C18H21ClN2O3S. The van der Waals surface area contributed by atoms with Crippen molar-refractivity contribution in [3.63, 3.8) is 0 Å². The number of hydrogen-bond acceptors (Lipinski definition) is 3. The molecule has 0 bridgehead atoms. The number of halogens is 1. The van der Waals surface area contributed by atoms with Gasteiger partial charge >= 0.3 is 0 Å². The largest absolute Gasteiger partial charge is 0.324 e.